The predicted octanol–water partition coefficient (Wildman–Crippen LogP) is 5.30. The summed E-state index contributed by atoms with van der Waals surface area (Å²) in [7, 11) is 0. The van der Waals surface area contributed by atoms with E-state index in [9.17, 15) is 13.2 Å². The quantitative estimate of drug-likeness (QED) is 0.449. The zero-order valence-corrected chi connectivity index (χ0v) is 16.6. The fraction of sp³-hybridized carbons (Fsp3) is 1.00. The molecule has 0 radical (unpaired) electrons. The van der Waals surface area contributed by atoms with Gasteiger partial charge in [0.25, 0.3) is 0 Å². The van der Waals surface area contributed by atoms with Crippen molar-refractivity contribution in [1.29, 1.82) is 0 Å². The molecule has 0 amide bonds. The molecule has 2 bridgehead atoms. The van der Waals surface area contributed by atoms with Gasteiger partial charge in [0.2, 0.25) is 10.3 Å². The Kier molecular flexibility index (Phi) is 5.03. The molecule has 4 fully saturated rings. The second kappa shape index (κ2) is 6.33. The van der Waals surface area contributed by atoms with Crippen LogP contribution in [0.15, 0.2) is 0 Å². The largest absolute Gasteiger partial charge is 0.427 e. The average Bonchev–Trinajstić information content (AvgIpc) is 2.71. The molecule has 4 aliphatic rings. The third kappa shape index (κ3) is 3.16. The maximum Gasteiger partial charge on any atom is 0.427 e. The van der Waals surface area contributed by atoms with Crippen LogP contribution in [0.2, 0.25) is 0 Å². The summed E-state index contributed by atoms with van der Waals surface area (Å²) in [6.45, 7) is 6.74. The van der Waals surface area contributed by atoms with Crippen LogP contribution in [0.4, 0.5) is 13.2 Å². The number of halogens is 4. The molecule has 4 nitrogen and oxygen atoms in total. The summed E-state index contributed by atoms with van der Waals surface area (Å²) in [6, 6.07) is 0. The third-order valence-corrected chi connectivity index (χ3v) is 7.54. The van der Waals surface area contributed by atoms with Gasteiger partial charge in [-0.2, -0.15) is 13.2 Å². The summed E-state index contributed by atoms with van der Waals surface area (Å²) in [4.78, 5) is 11.3. The molecule has 25 heavy (non-hydrogen) atoms. The first-order valence-corrected chi connectivity index (χ1v) is 9.71. The first-order valence-electron chi connectivity index (χ1n) is 8.92. The fourth-order valence-electron chi connectivity index (χ4n) is 4.37. The minimum absolute atomic E-state index is 0.0349. The molecule has 146 valence electrons. The van der Waals surface area contributed by atoms with Gasteiger partial charge >= 0.3 is 6.18 Å². The SMILES string of the molecule is CC(C)[C@@](Br)(O[C@@H]1O[C@]2(C)CC[C@H]3[C@H](C)CCC[C@@]13OO2)C(F)(F)F. The van der Waals surface area contributed by atoms with E-state index in [1.54, 1.807) is 6.92 Å². The van der Waals surface area contributed by atoms with Crippen molar-refractivity contribution in [2.45, 2.75) is 88.2 Å². The topological polar surface area (TPSA) is 36.9 Å². The minimum Gasteiger partial charge on any atom is -0.322 e. The Balaban J connectivity index is 1.99. The van der Waals surface area contributed by atoms with E-state index in [1.807, 2.05) is 0 Å². The molecule has 3 aliphatic heterocycles. The summed E-state index contributed by atoms with van der Waals surface area (Å²) in [5.41, 5.74) is -1.01. The summed E-state index contributed by atoms with van der Waals surface area (Å²) in [5.74, 6) is -1.60. The Morgan fingerprint density at radius 1 is 1.16 bits per heavy atom. The van der Waals surface area contributed by atoms with Gasteiger partial charge < -0.3 is 9.47 Å². The predicted molar refractivity (Wildman–Crippen MR) is 87.6 cm³/mol. The van der Waals surface area contributed by atoms with Crippen LogP contribution in [0.1, 0.15) is 59.8 Å². The number of rotatable bonds is 3. The highest BCUT2D eigenvalue weighted by Gasteiger charge is 2.66. The van der Waals surface area contributed by atoms with Crippen LogP contribution in [-0.2, 0) is 19.2 Å². The van der Waals surface area contributed by atoms with E-state index in [4.69, 9.17) is 19.2 Å². The van der Waals surface area contributed by atoms with Crippen LogP contribution in [0.25, 0.3) is 0 Å². The summed E-state index contributed by atoms with van der Waals surface area (Å²) in [6.07, 6.45) is -1.99. The van der Waals surface area contributed by atoms with Gasteiger partial charge in [-0.05, 0) is 54.0 Å². The average molecular weight is 431 g/mol. The van der Waals surface area contributed by atoms with Gasteiger partial charge in [0.1, 0.15) is 0 Å². The van der Waals surface area contributed by atoms with Crippen molar-refractivity contribution >= 4 is 15.9 Å². The van der Waals surface area contributed by atoms with Gasteiger partial charge in [0.15, 0.2) is 11.9 Å². The summed E-state index contributed by atoms with van der Waals surface area (Å²) < 4.78 is 50.3. The Bertz CT molecular complexity index is 517. The maximum atomic E-state index is 13.7. The van der Waals surface area contributed by atoms with Crippen LogP contribution in [-0.4, -0.2) is 28.4 Å². The third-order valence-electron chi connectivity index (χ3n) is 5.99. The Morgan fingerprint density at radius 3 is 2.44 bits per heavy atom. The normalized spacial score (nSPS) is 44.3. The van der Waals surface area contributed by atoms with Crippen molar-refractivity contribution in [2.24, 2.45) is 17.8 Å². The van der Waals surface area contributed by atoms with Crippen LogP contribution in [0.3, 0.4) is 0 Å². The molecule has 0 aromatic carbocycles. The molecule has 6 atom stereocenters. The lowest BCUT2D eigenvalue weighted by Crippen LogP contribution is -2.64. The monoisotopic (exact) mass is 430 g/mol. The number of hydrogen-bond acceptors (Lipinski definition) is 4. The Morgan fingerprint density at radius 2 is 1.84 bits per heavy atom. The number of ether oxygens (including phenoxy) is 2. The van der Waals surface area contributed by atoms with Crippen LogP contribution < -0.4 is 0 Å². The minimum atomic E-state index is -4.59. The molecule has 0 aromatic rings. The van der Waals surface area contributed by atoms with Gasteiger partial charge in [0.05, 0.1) is 0 Å². The lowest BCUT2D eigenvalue weighted by atomic mass is 9.67. The number of hydrogen-bond donors (Lipinski definition) is 0. The van der Waals surface area contributed by atoms with Crippen LogP contribution in [0, 0.1) is 17.8 Å². The van der Waals surface area contributed by atoms with Crippen molar-refractivity contribution in [2.75, 3.05) is 0 Å². The lowest BCUT2D eigenvalue weighted by Gasteiger charge is -2.53. The Hall–Kier alpha value is 0.110. The first-order chi connectivity index (χ1) is 11.4. The van der Waals surface area contributed by atoms with Gasteiger partial charge in [0, 0.05) is 12.3 Å². The van der Waals surface area contributed by atoms with E-state index in [0.29, 0.717) is 18.8 Å². The smallest absolute Gasteiger partial charge is 0.322 e. The molecule has 1 aliphatic carbocycles. The molecular formula is C17H26BrF3O4. The van der Waals surface area contributed by atoms with Crippen LogP contribution >= 0.6 is 15.9 Å². The van der Waals surface area contributed by atoms with E-state index in [1.165, 1.54) is 13.8 Å². The van der Waals surface area contributed by atoms with Crippen LogP contribution in [0.5, 0.6) is 0 Å². The number of alkyl halides is 4. The van der Waals surface area contributed by atoms with Gasteiger partial charge in [-0.25, -0.2) is 9.78 Å². The molecular weight excluding hydrogens is 405 g/mol. The van der Waals surface area contributed by atoms with Gasteiger partial charge in [-0.15, -0.1) is 0 Å². The second-order valence-corrected chi connectivity index (χ2v) is 9.31. The maximum absolute atomic E-state index is 13.7. The van der Waals surface area contributed by atoms with E-state index in [0.717, 1.165) is 19.3 Å². The molecule has 8 heteroatoms. The molecule has 0 aromatic heterocycles. The highest BCUT2D eigenvalue weighted by Crippen LogP contribution is 2.56. The van der Waals surface area contributed by atoms with E-state index in [-0.39, 0.29) is 5.92 Å². The van der Waals surface area contributed by atoms with E-state index in [2.05, 4.69) is 22.9 Å². The molecule has 1 spiro atoms. The highest BCUT2D eigenvalue weighted by molar-refractivity contribution is 9.10. The van der Waals surface area contributed by atoms with E-state index < -0.39 is 34.3 Å². The van der Waals surface area contributed by atoms with Crippen molar-refractivity contribution in [3.8, 4) is 0 Å². The van der Waals surface area contributed by atoms with Crippen molar-refractivity contribution in [3.63, 3.8) is 0 Å². The standard InChI is InChI=1S/C17H26BrF3O4/c1-10(2)16(18,17(19,20)21)23-13-15-8-5-6-11(3)12(15)7-9-14(4,22-13)24-25-15/h10-13H,5-9H2,1-4H3/t11-,12+,13+,14+,15+,16-/m1/s1. The van der Waals surface area contributed by atoms with Gasteiger partial charge in [-0.1, -0.05) is 27.2 Å². The molecule has 1 saturated carbocycles. The van der Waals surface area contributed by atoms with Crippen molar-refractivity contribution in [3.05, 3.63) is 0 Å². The fourth-order valence-corrected chi connectivity index (χ4v) is 4.54. The number of fused-ring (bicyclic) bond motifs is 3. The zero-order valence-electron chi connectivity index (χ0n) is 15.0. The van der Waals surface area contributed by atoms with Gasteiger partial charge in [-0.3, -0.25) is 0 Å². The highest BCUT2D eigenvalue weighted by atomic mass is 79.9. The molecule has 3 heterocycles. The van der Waals surface area contributed by atoms with Crippen molar-refractivity contribution in [1.82, 2.24) is 0 Å². The van der Waals surface area contributed by atoms with E-state index >= 15 is 0 Å². The van der Waals surface area contributed by atoms with Crippen molar-refractivity contribution < 1.29 is 32.4 Å². The zero-order chi connectivity index (χ0) is 18.7. The molecule has 4 rings (SSSR count). The molecule has 0 unspecified atom stereocenters. The summed E-state index contributed by atoms with van der Waals surface area (Å²) >= 11 is 2.83. The summed E-state index contributed by atoms with van der Waals surface area (Å²) in [5, 5.41) is 0. The molecule has 0 N–H and O–H groups in total. The first kappa shape index (κ1) is 19.9. The lowest BCUT2D eigenvalue weighted by molar-refractivity contribution is -0.557. The second-order valence-electron chi connectivity index (χ2n) is 8.14. The molecule has 3 saturated heterocycles. The Labute approximate surface area is 154 Å².